The SMILES string of the molecule is CC.[3H]C(=O)N[C@@H](C)c1ccc(OC2CN(c3ccccn3)C2)cc1. The van der Waals surface area contributed by atoms with E-state index in [0.29, 0.717) is 0 Å². The van der Waals surface area contributed by atoms with Crippen molar-refractivity contribution in [2.75, 3.05) is 18.0 Å². The molecule has 1 saturated heterocycles. The number of hydrogen-bond donors (Lipinski definition) is 1. The van der Waals surface area contributed by atoms with Gasteiger partial charge in [-0.2, -0.15) is 0 Å². The summed E-state index contributed by atoms with van der Waals surface area (Å²) in [6, 6.07) is 13.3. The molecule has 5 nitrogen and oxygen atoms in total. The Morgan fingerprint density at radius 1 is 1.29 bits per heavy atom. The van der Waals surface area contributed by atoms with E-state index < -0.39 is 6.39 Å². The molecular formula is C19H25N3O2. The van der Waals surface area contributed by atoms with Crippen LogP contribution in [0, 0.1) is 0 Å². The van der Waals surface area contributed by atoms with Crippen molar-refractivity contribution in [3.05, 3.63) is 54.2 Å². The van der Waals surface area contributed by atoms with Crippen LogP contribution in [-0.2, 0) is 4.79 Å². The lowest BCUT2D eigenvalue weighted by Crippen LogP contribution is -2.54. The van der Waals surface area contributed by atoms with Crippen molar-refractivity contribution >= 4 is 12.2 Å². The Morgan fingerprint density at radius 3 is 2.58 bits per heavy atom. The second-order valence-electron chi connectivity index (χ2n) is 5.37. The topological polar surface area (TPSA) is 54.5 Å². The molecule has 1 aromatic heterocycles. The van der Waals surface area contributed by atoms with Crippen LogP contribution in [0.5, 0.6) is 5.75 Å². The van der Waals surface area contributed by atoms with Crippen molar-refractivity contribution in [1.29, 1.82) is 0 Å². The number of amides is 1. The van der Waals surface area contributed by atoms with Crippen molar-refractivity contribution < 1.29 is 10.9 Å². The second-order valence-corrected chi connectivity index (χ2v) is 5.37. The number of ether oxygens (including phenoxy) is 1. The van der Waals surface area contributed by atoms with E-state index in [1.807, 2.05) is 63.2 Å². The minimum Gasteiger partial charge on any atom is -0.487 e. The average molecular weight is 329 g/mol. The minimum atomic E-state index is -0.776. The molecule has 0 radical (unpaired) electrons. The smallest absolute Gasteiger partial charge is 0.207 e. The molecule has 0 aliphatic carbocycles. The van der Waals surface area contributed by atoms with Gasteiger partial charge in [0, 0.05) is 6.20 Å². The lowest BCUT2D eigenvalue weighted by Gasteiger charge is -2.39. The summed E-state index contributed by atoms with van der Waals surface area (Å²) in [5.74, 6) is 1.78. The van der Waals surface area contributed by atoms with Gasteiger partial charge in [0.15, 0.2) is 0 Å². The van der Waals surface area contributed by atoms with Crippen LogP contribution in [0.1, 0.15) is 33.7 Å². The molecule has 1 atom stereocenters. The van der Waals surface area contributed by atoms with Gasteiger partial charge < -0.3 is 15.0 Å². The Hall–Kier alpha value is -2.56. The van der Waals surface area contributed by atoms with Gasteiger partial charge in [-0.3, -0.25) is 4.79 Å². The van der Waals surface area contributed by atoms with Crippen LogP contribution in [0.2, 0.25) is 0 Å². The number of nitrogens with zero attached hydrogens (tertiary/aromatic N) is 2. The first kappa shape index (κ1) is 16.3. The Morgan fingerprint density at radius 2 is 2.00 bits per heavy atom. The Bertz CT molecular complexity index is 658. The predicted octanol–water partition coefficient (Wildman–Crippen LogP) is 3.18. The third-order valence-corrected chi connectivity index (χ3v) is 3.78. The summed E-state index contributed by atoms with van der Waals surface area (Å²) in [5, 5.41) is 2.54. The monoisotopic (exact) mass is 329 g/mol. The molecule has 0 spiro atoms. The van der Waals surface area contributed by atoms with E-state index >= 15 is 0 Å². The van der Waals surface area contributed by atoms with Gasteiger partial charge in [0.05, 0.1) is 19.1 Å². The summed E-state index contributed by atoms with van der Waals surface area (Å²) in [7, 11) is 0. The minimum absolute atomic E-state index is 0.160. The summed E-state index contributed by atoms with van der Waals surface area (Å²) < 4.78 is 12.9. The first-order valence-electron chi connectivity index (χ1n) is 8.81. The summed E-state index contributed by atoms with van der Waals surface area (Å²) in [5.41, 5.74) is 0.946. The van der Waals surface area contributed by atoms with E-state index in [-0.39, 0.29) is 12.1 Å². The Balaban J connectivity index is 0.00000109. The van der Waals surface area contributed by atoms with Crippen molar-refractivity contribution in [1.82, 2.24) is 10.3 Å². The van der Waals surface area contributed by atoms with Crippen LogP contribution in [0.15, 0.2) is 48.7 Å². The molecule has 128 valence electrons. The molecule has 0 unspecified atom stereocenters. The number of anilines is 1. The first-order chi connectivity index (χ1) is 12.1. The van der Waals surface area contributed by atoms with E-state index in [4.69, 9.17) is 6.11 Å². The van der Waals surface area contributed by atoms with E-state index in [0.717, 1.165) is 30.2 Å². The molecule has 0 saturated carbocycles. The highest BCUT2D eigenvalue weighted by Gasteiger charge is 2.29. The third kappa shape index (κ3) is 4.47. The number of benzene rings is 1. The van der Waals surface area contributed by atoms with E-state index in [2.05, 4.69) is 15.2 Å². The van der Waals surface area contributed by atoms with Crippen LogP contribution < -0.4 is 15.0 Å². The summed E-state index contributed by atoms with van der Waals surface area (Å²) in [6.07, 6.45) is 1.18. The lowest BCUT2D eigenvalue weighted by molar-refractivity contribution is -0.110. The second kappa shape index (κ2) is 8.91. The van der Waals surface area contributed by atoms with Crippen molar-refractivity contribution in [2.45, 2.75) is 32.9 Å². The third-order valence-electron chi connectivity index (χ3n) is 3.78. The van der Waals surface area contributed by atoms with E-state index in [1.165, 1.54) is 0 Å². The van der Waals surface area contributed by atoms with Crippen LogP contribution in [0.3, 0.4) is 0 Å². The van der Waals surface area contributed by atoms with Gasteiger partial charge >= 0.3 is 0 Å². The molecule has 1 aliphatic rings. The zero-order valence-corrected chi connectivity index (χ0v) is 14.4. The number of carbonyl (C=O) groups excluding carboxylic acids is 1. The van der Waals surface area contributed by atoms with Crippen molar-refractivity contribution in [3.8, 4) is 5.75 Å². The Labute approximate surface area is 145 Å². The van der Waals surface area contributed by atoms with Gasteiger partial charge in [-0.1, -0.05) is 32.0 Å². The maximum atomic E-state index is 10.8. The highest BCUT2D eigenvalue weighted by atomic mass is 16.5. The number of pyridine rings is 1. The van der Waals surface area contributed by atoms with Gasteiger partial charge in [-0.15, -0.1) is 0 Å². The van der Waals surface area contributed by atoms with E-state index in [1.54, 1.807) is 6.20 Å². The fourth-order valence-electron chi connectivity index (χ4n) is 2.44. The van der Waals surface area contributed by atoms with Gasteiger partial charge in [0.25, 0.3) is 0 Å². The average Bonchev–Trinajstić information content (AvgIpc) is 2.60. The molecule has 0 bridgehead atoms. The molecule has 1 aliphatic heterocycles. The first-order valence-corrected chi connectivity index (χ1v) is 8.31. The quantitative estimate of drug-likeness (QED) is 0.856. The maximum absolute atomic E-state index is 10.8. The fourth-order valence-corrected chi connectivity index (χ4v) is 2.44. The van der Waals surface area contributed by atoms with E-state index in [9.17, 15) is 4.79 Å². The summed E-state index contributed by atoms with van der Waals surface area (Å²) in [4.78, 5) is 17.2. The van der Waals surface area contributed by atoms with Gasteiger partial charge in [-0.25, -0.2) is 4.98 Å². The van der Waals surface area contributed by atoms with Gasteiger partial charge in [-0.05, 0) is 36.8 Å². The Kier molecular flexibility index (Phi) is 6.05. The molecule has 1 amide bonds. The molecule has 1 fully saturated rings. The largest absolute Gasteiger partial charge is 0.487 e. The zero-order chi connectivity index (χ0) is 18.2. The lowest BCUT2D eigenvalue weighted by atomic mass is 10.1. The number of nitrogens with one attached hydrogen (secondary N) is 1. The summed E-state index contributed by atoms with van der Waals surface area (Å²) in [6.45, 7) is 7.49. The molecule has 24 heavy (non-hydrogen) atoms. The van der Waals surface area contributed by atoms with Crippen LogP contribution >= 0.6 is 0 Å². The summed E-state index contributed by atoms with van der Waals surface area (Å²) >= 11 is 0. The molecule has 2 heterocycles. The molecule has 1 aromatic carbocycles. The van der Waals surface area contributed by atoms with Crippen LogP contribution in [-0.4, -0.2) is 30.6 Å². The predicted molar refractivity (Wildman–Crippen MR) is 96.3 cm³/mol. The number of carbonyl (C=O) groups is 1. The highest BCUT2D eigenvalue weighted by Crippen LogP contribution is 2.23. The molecule has 1 N–H and O–H groups in total. The standard InChI is InChI=1S/C17H19N3O2.C2H6/c1-13(19-12-21)14-5-7-15(8-6-14)22-16-10-20(11-16)17-4-2-3-9-18-17;1-2/h2-9,12-13,16H,10-11H2,1H3,(H,19,21);1-2H3/t13-;/m0./s1/i12T;. The normalized spacial score (nSPS) is 15.3. The molecular weight excluding hydrogens is 302 g/mol. The molecule has 5 heteroatoms. The van der Waals surface area contributed by atoms with Gasteiger partial charge in [0.2, 0.25) is 6.39 Å². The van der Waals surface area contributed by atoms with Crippen molar-refractivity contribution in [3.63, 3.8) is 0 Å². The van der Waals surface area contributed by atoms with Crippen LogP contribution in [0.4, 0.5) is 5.82 Å². The number of hydrogen-bond acceptors (Lipinski definition) is 4. The highest BCUT2D eigenvalue weighted by molar-refractivity contribution is 5.48. The number of aromatic nitrogens is 1. The van der Waals surface area contributed by atoms with Crippen LogP contribution in [0.25, 0.3) is 0 Å². The maximum Gasteiger partial charge on any atom is 0.207 e. The fraction of sp³-hybridized carbons (Fsp3) is 0.368. The molecule has 3 rings (SSSR count). The zero-order valence-electron chi connectivity index (χ0n) is 15.4. The van der Waals surface area contributed by atoms with Crippen molar-refractivity contribution in [2.24, 2.45) is 0 Å². The van der Waals surface area contributed by atoms with Gasteiger partial charge in [0.1, 0.15) is 19.0 Å². The molecule has 2 aromatic rings. The number of rotatable bonds is 5.